The summed E-state index contributed by atoms with van der Waals surface area (Å²) in [6, 6.07) is 87.3. The summed E-state index contributed by atoms with van der Waals surface area (Å²) < 4.78 is 0. The van der Waals surface area contributed by atoms with Crippen molar-refractivity contribution in [2.45, 2.75) is 38.5 Å². The zero-order valence-corrected chi connectivity index (χ0v) is 38.5. The van der Waals surface area contributed by atoms with Crippen LogP contribution in [0.5, 0.6) is 0 Å². The maximum absolute atomic E-state index is 2.41. The molecule has 0 amide bonds. The van der Waals surface area contributed by atoms with Gasteiger partial charge in [-0.2, -0.15) is 0 Å². The van der Waals surface area contributed by atoms with Gasteiger partial charge in [0.05, 0.1) is 0 Å². The van der Waals surface area contributed by atoms with E-state index in [1.807, 2.05) is 0 Å². The zero-order chi connectivity index (χ0) is 45.3. The van der Waals surface area contributed by atoms with Gasteiger partial charge < -0.3 is 4.90 Å². The van der Waals surface area contributed by atoms with E-state index in [9.17, 15) is 0 Å². The molecule has 0 aromatic heterocycles. The zero-order valence-electron chi connectivity index (χ0n) is 38.5. The second kappa shape index (κ2) is 15.9. The van der Waals surface area contributed by atoms with Crippen LogP contribution in [0.4, 0.5) is 17.1 Å². The van der Waals surface area contributed by atoms with Crippen LogP contribution >= 0.6 is 0 Å². The lowest BCUT2D eigenvalue weighted by molar-refractivity contribution is 0.660. The summed E-state index contributed by atoms with van der Waals surface area (Å²) in [4.78, 5) is 2.39. The predicted molar refractivity (Wildman–Crippen MR) is 283 cm³/mol. The van der Waals surface area contributed by atoms with E-state index in [-0.39, 0.29) is 10.8 Å². The molecule has 2 aliphatic rings. The Hall–Kier alpha value is -8.00. The van der Waals surface area contributed by atoms with Crippen LogP contribution in [0.15, 0.2) is 237 Å². The van der Waals surface area contributed by atoms with Crippen molar-refractivity contribution >= 4 is 17.1 Å². The van der Waals surface area contributed by atoms with Crippen LogP contribution in [0, 0.1) is 0 Å². The SMILES string of the molecule is CC1(C)c2ccccc2-c2ccc(-c3ccc(N(c4ccc(-c5ccc(-c6ccccc6-c6ccccc6)cc5)cc4)c4ccc(-c5cccc6c5C(C)(C)c5ccccc5-6)cc4)cc3)cc21. The van der Waals surface area contributed by atoms with E-state index in [0.717, 1.165) is 17.1 Å². The van der Waals surface area contributed by atoms with Gasteiger partial charge in [0, 0.05) is 27.9 Å². The fourth-order valence-corrected chi connectivity index (χ4v) is 11.3. The molecule has 1 nitrogen and oxygen atoms in total. The number of rotatable bonds is 8. The molecule has 0 bridgehead atoms. The summed E-state index contributed by atoms with van der Waals surface area (Å²) >= 11 is 0. The minimum Gasteiger partial charge on any atom is -0.311 e. The maximum Gasteiger partial charge on any atom is 0.0462 e. The van der Waals surface area contributed by atoms with Crippen molar-refractivity contribution in [1.82, 2.24) is 0 Å². The summed E-state index contributed by atoms with van der Waals surface area (Å²) in [6.07, 6.45) is 0. The van der Waals surface area contributed by atoms with Crippen LogP contribution in [0.1, 0.15) is 49.9 Å². The Balaban J connectivity index is 0.892. The minimum absolute atomic E-state index is 0.0492. The summed E-state index contributed by atoms with van der Waals surface area (Å²) in [5.74, 6) is 0. The Morgan fingerprint density at radius 3 is 1.18 bits per heavy atom. The maximum atomic E-state index is 2.41. The van der Waals surface area contributed by atoms with Crippen molar-refractivity contribution in [2.24, 2.45) is 0 Å². The molecular weight excluding hydrogens is 807 g/mol. The topological polar surface area (TPSA) is 3.24 Å². The number of nitrogens with zero attached hydrogens (tertiary/aromatic N) is 1. The normalized spacial score (nSPS) is 13.6. The molecule has 1 heteroatoms. The molecule has 10 aromatic rings. The highest BCUT2D eigenvalue weighted by Crippen LogP contribution is 2.53. The predicted octanol–water partition coefficient (Wildman–Crippen LogP) is 18.1. The summed E-state index contributed by atoms with van der Waals surface area (Å²) in [5.41, 5.74) is 26.4. The van der Waals surface area contributed by atoms with Gasteiger partial charge in [0.15, 0.2) is 0 Å². The fraction of sp³-hybridized carbons (Fsp3) is 0.0909. The van der Waals surface area contributed by atoms with Crippen molar-refractivity contribution in [3.8, 4) is 77.9 Å². The van der Waals surface area contributed by atoms with Crippen LogP contribution in [-0.4, -0.2) is 0 Å². The van der Waals surface area contributed by atoms with Crippen LogP contribution in [0.25, 0.3) is 77.9 Å². The Bertz CT molecular complexity index is 3460. The molecule has 10 aromatic carbocycles. The minimum atomic E-state index is -0.0950. The fourth-order valence-electron chi connectivity index (χ4n) is 11.3. The first kappa shape index (κ1) is 40.5. The van der Waals surface area contributed by atoms with Gasteiger partial charge in [-0.1, -0.05) is 222 Å². The molecule has 320 valence electrons. The van der Waals surface area contributed by atoms with Crippen LogP contribution in [0.2, 0.25) is 0 Å². The number of anilines is 3. The van der Waals surface area contributed by atoms with E-state index in [2.05, 4.69) is 269 Å². The lowest BCUT2D eigenvalue weighted by Crippen LogP contribution is -2.16. The summed E-state index contributed by atoms with van der Waals surface area (Å²) in [6.45, 7) is 9.44. The highest BCUT2D eigenvalue weighted by atomic mass is 15.1. The molecule has 0 spiro atoms. The average molecular weight is 858 g/mol. The molecule has 0 aliphatic heterocycles. The first-order chi connectivity index (χ1) is 32.7. The molecule has 67 heavy (non-hydrogen) atoms. The average Bonchev–Trinajstić information content (AvgIpc) is 3.76. The van der Waals surface area contributed by atoms with E-state index in [0.29, 0.717) is 0 Å². The Kier molecular flexibility index (Phi) is 9.59. The molecule has 12 rings (SSSR count). The lowest BCUT2D eigenvalue weighted by Gasteiger charge is -2.27. The van der Waals surface area contributed by atoms with Crippen molar-refractivity contribution in [2.75, 3.05) is 4.90 Å². The van der Waals surface area contributed by atoms with Gasteiger partial charge in [-0.05, 0) is 143 Å². The van der Waals surface area contributed by atoms with Crippen molar-refractivity contribution in [3.05, 3.63) is 259 Å². The third-order valence-corrected chi connectivity index (χ3v) is 14.7. The molecule has 0 N–H and O–H groups in total. The van der Waals surface area contributed by atoms with E-state index in [1.54, 1.807) is 0 Å². The van der Waals surface area contributed by atoms with Gasteiger partial charge in [0.2, 0.25) is 0 Å². The molecule has 0 heterocycles. The smallest absolute Gasteiger partial charge is 0.0462 e. The van der Waals surface area contributed by atoms with Gasteiger partial charge in [0.25, 0.3) is 0 Å². The van der Waals surface area contributed by atoms with E-state index in [4.69, 9.17) is 0 Å². The molecule has 0 atom stereocenters. The summed E-state index contributed by atoms with van der Waals surface area (Å²) in [7, 11) is 0. The Morgan fingerprint density at radius 2 is 0.597 bits per heavy atom. The van der Waals surface area contributed by atoms with E-state index >= 15 is 0 Å². The second-order valence-electron chi connectivity index (χ2n) is 19.3. The van der Waals surface area contributed by atoms with Gasteiger partial charge in [-0.3, -0.25) is 0 Å². The van der Waals surface area contributed by atoms with Gasteiger partial charge in [0.1, 0.15) is 0 Å². The quantitative estimate of drug-likeness (QED) is 0.147. The third kappa shape index (κ3) is 6.76. The molecule has 0 unspecified atom stereocenters. The largest absolute Gasteiger partial charge is 0.311 e. The van der Waals surface area contributed by atoms with E-state index in [1.165, 1.54) is 100 Å². The van der Waals surface area contributed by atoms with Crippen molar-refractivity contribution in [3.63, 3.8) is 0 Å². The molecule has 0 fully saturated rings. The first-order valence-corrected chi connectivity index (χ1v) is 23.6. The van der Waals surface area contributed by atoms with Gasteiger partial charge >= 0.3 is 0 Å². The van der Waals surface area contributed by atoms with Gasteiger partial charge in [-0.15, -0.1) is 0 Å². The van der Waals surface area contributed by atoms with Crippen molar-refractivity contribution < 1.29 is 0 Å². The molecule has 2 aliphatic carbocycles. The number of fused-ring (bicyclic) bond motifs is 6. The monoisotopic (exact) mass is 857 g/mol. The summed E-state index contributed by atoms with van der Waals surface area (Å²) in [5, 5.41) is 0. The second-order valence-corrected chi connectivity index (χ2v) is 19.3. The number of benzene rings is 10. The lowest BCUT2D eigenvalue weighted by atomic mass is 9.79. The van der Waals surface area contributed by atoms with E-state index < -0.39 is 0 Å². The Morgan fingerprint density at radius 1 is 0.239 bits per heavy atom. The third-order valence-electron chi connectivity index (χ3n) is 14.7. The molecule has 0 saturated carbocycles. The highest BCUT2D eigenvalue weighted by molar-refractivity contribution is 5.90. The van der Waals surface area contributed by atoms with Gasteiger partial charge in [-0.25, -0.2) is 0 Å². The van der Waals surface area contributed by atoms with Crippen molar-refractivity contribution in [1.29, 1.82) is 0 Å². The Labute approximate surface area is 395 Å². The standard InChI is InChI=1S/C66H51N/c1-65(2)61-23-12-10-19-57(61)59-42-35-50(43-63(59)65)46-31-38-52(39-32-46)67(53-40-33-49(34-41-53)56-21-14-22-60-58-20-11-13-24-62(58)66(3,4)64(56)60)51-36-29-45(30-37-51)44-25-27-48(28-26-44)55-18-9-8-17-54(55)47-15-6-5-7-16-47/h5-43H,1-4H3. The van der Waals surface area contributed by atoms with Crippen LogP contribution in [0.3, 0.4) is 0 Å². The molecule has 0 radical (unpaired) electrons. The molecular formula is C66H51N. The van der Waals surface area contributed by atoms with Crippen LogP contribution in [-0.2, 0) is 10.8 Å². The number of hydrogen-bond donors (Lipinski definition) is 0. The van der Waals surface area contributed by atoms with Crippen LogP contribution < -0.4 is 4.90 Å². The highest BCUT2D eigenvalue weighted by Gasteiger charge is 2.38. The first-order valence-electron chi connectivity index (χ1n) is 23.6. The molecule has 0 saturated heterocycles. The number of hydrogen-bond acceptors (Lipinski definition) is 1.